The minimum atomic E-state index is -0.287. The normalized spacial score (nSPS) is 10.8. The van der Waals surface area contributed by atoms with E-state index in [0.29, 0.717) is 38.9 Å². The Labute approximate surface area is 232 Å². The monoisotopic (exact) mass is 560 g/mol. The third-order valence-electron chi connectivity index (χ3n) is 5.43. The number of anilines is 2. The molecular weight excluding hydrogens is 540 g/mol. The summed E-state index contributed by atoms with van der Waals surface area (Å²) in [5.41, 5.74) is 2.93. The van der Waals surface area contributed by atoms with Gasteiger partial charge in [0.1, 0.15) is 0 Å². The van der Waals surface area contributed by atoms with E-state index in [9.17, 15) is 9.59 Å². The molecule has 3 aromatic carbocycles. The highest BCUT2D eigenvalue weighted by molar-refractivity contribution is 7.99. The second-order valence-electron chi connectivity index (χ2n) is 8.06. The highest BCUT2D eigenvalue weighted by Crippen LogP contribution is 2.27. The van der Waals surface area contributed by atoms with Gasteiger partial charge in [0, 0.05) is 22.8 Å². The van der Waals surface area contributed by atoms with Crippen LogP contribution < -0.4 is 10.6 Å². The number of amides is 2. The van der Waals surface area contributed by atoms with Gasteiger partial charge in [0.2, 0.25) is 5.91 Å². The molecule has 11 heteroatoms. The van der Waals surface area contributed by atoms with Crippen LogP contribution in [0, 0.1) is 0 Å². The molecule has 0 aliphatic carbocycles. The van der Waals surface area contributed by atoms with Crippen molar-refractivity contribution in [1.82, 2.24) is 19.7 Å². The lowest BCUT2D eigenvalue weighted by molar-refractivity contribution is -0.113. The van der Waals surface area contributed by atoms with Gasteiger partial charge in [0.25, 0.3) is 5.91 Å². The summed E-state index contributed by atoms with van der Waals surface area (Å²) < 4.78 is 1.98. The van der Waals surface area contributed by atoms with E-state index in [-0.39, 0.29) is 17.6 Å². The average Bonchev–Trinajstić information content (AvgIpc) is 3.59. The summed E-state index contributed by atoms with van der Waals surface area (Å²) in [7, 11) is 0. The molecule has 0 fully saturated rings. The van der Waals surface area contributed by atoms with Crippen LogP contribution in [0.4, 0.5) is 10.8 Å². The Hall–Kier alpha value is -3.99. The van der Waals surface area contributed by atoms with Gasteiger partial charge in [-0.15, -0.1) is 21.5 Å². The van der Waals surface area contributed by atoms with Gasteiger partial charge >= 0.3 is 0 Å². The smallest absolute Gasteiger partial charge is 0.257 e. The lowest BCUT2D eigenvalue weighted by Crippen LogP contribution is -2.14. The van der Waals surface area contributed by atoms with E-state index in [2.05, 4.69) is 25.8 Å². The second kappa shape index (κ2) is 12.0. The maximum atomic E-state index is 12.6. The summed E-state index contributed by atoms with van der Waals surface area (Å²) >= 11 is 8.82. The van der Waals surface area contributed by atoms with Gasteiger partial charge in [-0.2, -0.15) is 0 Å². The van der Waals surface area contributed by atoms with Crippen molar-refractivity contribution in [1.29, 1.82) is 0 Å². The summed E-state index contributed by atoms with van der Waals surface area (Å²) in [6, 6.07) is 24.2. The van der Waals surface area contributed by atoms with E-state index in [4.69, 9.17) is 11.6 Å². The lowest BCUT2D eigenvalue weighted by Gasteiger charge is -2.11. The van der Waals surface area contributed by atoms with E-state index in [1.165, 1.54) is 23.1 Å². The summed E-state index contributed by atoms with van der Waals surface area (Å²) in [4.78, 5) is 29.1. The van der Waals surface area contributed by atoms with Crippen molar-refractivity contribution in [2.75, 3.05) is 16.4 Å². The number of thiazole rings is 1. The fourth-order valence-electron chi connectivity index (χ4n) is 3.63. The van der Waals surface area contributed by atoms with Gasteiger partial charge in [-0.25, -0.2) is 4.98 Å². The third-order valence-corrected chi connectivity index (χ3v) is 7.42. The Kier molecular flexibility index (Phi) is 8.12. The van der Waals surface area contributed by atoms with Gasteiger partial charge in [-0.1, -0.05) is 65.8 Å². The summed E-state index contributed by atoms with van der Waals surface area (Å²) in [5.74, 6) is 0.366. The van der Waals surface area contributed by atoms with E-state index in [1.807, 2.05) is 47.0 Å². The zero-order valence-corrected chi connectivity index (χ0v) is 22.3. The average molecular weight is 561 g/mol. The van der Waals surface area contributed by atoms with Crippen LogP contribution in [0.25, 0.3) is 11.4 Å². The van der Waals surface area contributed by atoms with Crippen LogP contribution in [0.3, 0.4) is 0 Å². The van der Waals surface area contributed by atoms with Gasteiger partial charge in [-0.05, 0) is 42.0 Å². The summed E-state index contributed by atoms with van der Waals surface area (Å²) in [6.45, 7) is 0.532. The molecule has 0 saturated carbocycles. The minimum absolute atomic E-state index is 0.166. The molecule has 0 saturated heterocycles. The molecule has 2 heterocycles. The van der Waals surface area contributed by atoms with Crippen molar-refractivity contribution in [2.24, 2.45) is 0 Å². The maximum absolute atomic E-state index is 12.6. The predicted molar refractivity (Wildman–Crippen MR) is 152 cm³/mol. The Balaban J connectivity index is 1.35. The number of rotatable bonds is 9. The Morgan fingerprint density at radius 1 is 0.921 bits per heavy atom. The lowest BCUT2D eigenvalue weighted by atomic mass is 10.1. The number of benzene rings is 3. The standard InChI is InChI=1S/C27H21ClN6O2S2/c28-22-9-5-4-8-21(22)25(36)30-20-12-10-19(11-13-20)24-32-33-27(34(24)16-18-6-2-1-3-7-18)38-17-23(35)31-26-29-14-15-37-26/h1-15H,16-17H2,(H,30,36)(H,29,31,35). The SMILES string of the molecule is O=C(CSc1nnc(-c2ccc(NC(=O)c3ccccc3Cl)cc2)n1Cc1ccccc1)Nc1nccs1. The molecule has 0 spiro atoms. The van der Waals surface area contributed by atoms with E-state index in [0.717, 1.165) is 11.1 Å². The Morgan fingerprint density at radius 3 is 2.42 bits per heavy atom. The highest BCUT2D eigenvalue weighted by Gasteiger charge is 2.17. The first kappa shape index (κ1) is 25.7. The molecule has 2 aromatic heterocycles. The largest absolute Gasteiger partial charge is 0.322 e. The first-order chi connectivity index (χ1) is 18.6. The number of hydrogen-bond acceptors (Lipinski definition) is 7. The van der Waals surface area contributed by atoms with E-state index < -0.39 is 0 Å². The van der Waals surface area contributed by atoms with Gasteiger partial charge < -0.3 is 10.6 Å². The molecular formula is C27H21ClN6O2S2. The number of hydrogen-bond donors (Lipinski definition) is 2. The van der Waals surface area contributed by atoms with Gasteiger partial charge in [0.05, 0.1) is 22.9 Å². The van der Waals surface area contributed by atoms with Crippen molar-refractivity contribution < 1.29 is 9.59 Å². The van der Waals surface area contributed by atoms with Crippen molar-refractivity contribution in [3.05, 3.63) is 107 Å². The van der Waals surface area contributed by atoms with Crippen LogP contribution in [0.1, 0.15) is 15.9 Å². The van der Waals surface area contributed by atoms with Crippen molar-refractivity contribution in [3.8, 4) is 11.4 Å². The third kappa shape index (κ3) is 6.28. The van der Waals surface area contributed by atoms with Crippen LogP contribution in [0.5, 0.6) is 0 Å². The predicted octanol–water partition coefficient (Wildman–Crippen LogP) is 6.09. The Morgan fingerprint density at radius 2 is 1.68 bits per heavy atom. The number of nitrogens with one attached hydrogen (secondary N) is 2. The second-order valence-corrected chi connectivity index (χ2v) is 10.3. The summed E-state index contributed by atoms with van der Waals surface area (Å²) in [5, 5.41) is 17.8. The van der Waals surface area contributed by atoms with Gasteiger partial charge in [0.15, 0.2) is 16.1 Å². The molecule has 2 N–H and O–H groups in total. The number of thioether (sulfide) groups is 1. The maximum Gasteiger partial charge on any atom is 0.257 e. The molecule has 38 heavy (non-hydrogen) atoms. The summed E-state index contributed by atoms with van der Waals surface area (Å²) in [6.07, 6.45) is 1.64. The minimum Gasteiger partial charge on any atom is -0.322 e. The first-order valence-corrected chi connectivity index (χ1v) is 13.8. The molecule has 0 aliphatic rings. The first-order valence-electron chi connectivity index (χ1n) is 11.5. The van der Waals surface area contributed by atoms with E-state index in [1.54, 1.807) is 48.0 Å². The topological polar surface area (TPSA) is 102 Å². The fraction of sp³-hybridized carbons (Fsp3) is 0.0741. The molecule has 190 valence electrons. The molecule has 0 radical (unpaired) electrons. The van der Waals surface area contributed by atoms with Crippen LogP contribution >= 0.6 is 34.7 Å². The number of carbonyl (C=O) groups excluding carboxylic acids is 2. The molecule has 0 unspecified atom stereocenters. The van der Waals surface area contributed by atoms with E-state index >= 15 is 0 Å². The number of carbonyl (C=O) groups is 2. The number of nitrogens with zero attached hydrogens (tertiary/aromatic N) is 4. The van der Waals surface area contributed by atoms with Gasteiger partial charge in [-0.3, -0.25) is 14.2 Å². The Bertz CT molecular complexity index is 1540. The van der Waals surface area contributed by atoms with Crippen molar-refractivity contribution >= 4 is 57.3 Å². The number of halogens is 1. The van der Waals surface area contributed by atoms with Crippen LogP contribution in [0.15, 0.2) is 95.6 Å². The zero-order chi connectivity index (χ0) is 26.3. The zero-order valence-electron chi connectivity index (χ0n) is 19.9. The molecule has 0 atom stereocenters. The molecule has 5 aromatic rings. The molecule has 0 bridgehead atoms. The van der Waals surface area contributed by atoms with Crippen molar-refractivity contribution in [2.45, 2.75) is 11.7 Å². The van der Waals surface area contributed by atoms with Crippen molar-refractivity contribution in [3.63, 3.8) is 0 Å². The quantitative estimate of drug-likeness (QED) is 0.212. The molecule has 8 nitrogen and oxygen atoms in total. The molecule has 0 aliphatic heterocycles. The fourth-order valence-corrected chi connectivity index (χ4v) is 5.14. The van der Waals surface area contributed by atoms with Crippen LogP contribution in [0.2, 0.25) is 5.02 Å². The number of aromatic nitrogens is 4. The molecule has 2 amide bonds. The van der Waals surface area contributed by atoms with Crippen LogP contribution in [-0.4, -0.2) is 37.3 Å². The highest BCUT2D eigenvalue weighted by atomic mass is 35.5. The molecule has 5 rings (SSSR count). The van der Waals surface area contributed by atoms with Crippen LogP contribution in [-0.2, 0) is 11.3 Å².